The summed E-state index contributed by atoms with van der Waals surface area (Å²) < 4.78 is 183. The van der Waals surface area contributed by atoms with Gasteiger partial charge in [0.1, 0.15) is 0 Å². The van der Waals surface area contributed by atoms with Crippen molar-refractivity contribution in [2.45, 2.75) is 36.0 Å². The van der Waals surface area contributed by atoms with E-state index in [0.29, 0.717) is 24.3 Å². The van der Waals surface area contributed by atoms with E-state index in [2.05, 4.69) is 0 Å². The number of nitrogens with one attached hydrogen (secondary N) is 1. The highest BCUT2D eigenvalue weighted by Gasteiger charge is 2.77. The van der Waals surface area contributed by atoms with Gasteiger partial charge < -0.3 is 5.32 Å². The Morgan fingerprint density at radius 1 is 0.553 bits per heavy atom. The molecule has 0 radical (unpaired) electrons. The van der Waals surface area contributed by atoms with E-state index in [1.165, 1.54) is 6.07 Å². The van der Waals surface area contributed by atoms with Crippen LogP contribution in [-0.2, 0) is 9.59 Å². The Morgan fingerprint density at radius 3 is 1.37 bits per heavy atom. The molecule has 0 aromatic heterocycles. The van der Waals surface area contributed by atoms with Gasteiger partial charge in [0.2, 0.25) is 0 Å². The molecule has 0 spiro atoms. The van der Waals surface area contributed by atoms with Crippen LogP contribution in [0.25, 0.3) is 0 Å². The summed E-state index contributed by atoms with van der Waals surface area (Å²) in [6, 6.07) is 6.51. The second-order valence-corrected chi connectivity index (χ2v) is 7.27. The normalized spacial score (nSPS) is 13.7. The molecule has 0 aliphatic rings. The maximum Gasteiger partial charge on any atom is 0.460 e. The van der Waals surface area contributed by atoms with E-state index in [1.807, 2.05) is 0 Å². The van der Waals surface area contributed by atoms with Gasteiger partial charge in [-0.3, -0.25) is 14.5 Å². The first-order chi connectivity index (χ1) is 17.0. The van der Waals surface area contributed by atoms with Crippen molar-refractivity contribution in [3.8, 4) is 0 Å². The topological polar surface area (TPSA) is 49.4 Å². The molecule has 1 N–H and O–H groups in total. The molecule has 4 nitrogen and oxygen atoms in total. The van der Waals surface area contributed by atoms with Gasteiger partial charge >= 0.3 is 47.9 Å². The average Bonchev–Trinajstić information content (AvgIpc) is 2.79. The van der Waals surface area contributed by atoms with Crippen LogP contribution in [0.5, 0.6) is 0 Å². The van der Waals surface area contributed by atoms with Crippen molar-refractivity contribution in [2.75, 3.05) is 10.2 Å². The third-order valence-electron chi connectivity index (χ3n) is 4.66. The van der Waals surface area contributed by atoms with Gasteiger partial charge in [-0.2, -0.15) is 61.5 Å². The molecule has 2 amide bonds. The molecule has 0 saturated carbocycles. The number of hydrogen-bond donors (Lipinski definition) is 1. The fraction of sp³-hybridized carbons (Fsp3) is 0.300. The Labute approximate surface area is 201 Å². The summed E-state index contributed by atoms with van der Waals surface area (Å²) in [5, 5.41) is 0.981. The molecule has 0 fully saturated rings. The molecule has 18 heteroatoms. The van der Waals surface area contributed by atoms with Gasteiger partial charge in [-0.25, -0.2) is 0 Å². The van der Waals surface area contributed by atoms with Crippen molar-refractivity contribution in [3.63, 3.8) is 0 Å². The Hall–Kier alpha value is -3.60. The predicted molar refractivity (Wildman–Crippen MR) is 101 cm³/mol. The molecule has 0 saturated heterocycles. The number of nitrogens with zero attached hydrogens (tertiary/aromatic N) is 1. The number of halogens is 14. The van der Waals surface area contributed by atoms with E-state index in [0.717, 1.165) is 29.6 Å². The number of para-hydroxylation sites is 1. The molecule has 38 heavy (non-hydrogen) atoms. The zero-order valence-electron chi connectivity index (χ0n) is 17.8. The average molecular weight is 576 g/mol. The number of carbonyl (C=O) groups excluding carboxylic acids is 2. The van der Waals surface area contributed by atoms with Gasteiger partial charge in [-0.1, -0.05) is 18.2 Å². The lowest BCUT2D eigenvalue weighted by molar-refractivity contribution is -0.343. The van der Waals surface area contributed by atoms with Crippen molar-refractivity contribution in [1.29, 1.82) is 0 Å². The minimum Gasteiger partial charge on any atom is -0.321 e. The quantitative estimate of drug-likeness (QED) is 0.363. The maximum atomic E-state index is 14.1. The molecule has 2 aromatic rings. The first-order valence-electron chi connectivity index (χ1n) is 9.46. The Bertz CT molecular complexity index is 1160. The molecule has 2 rings (SSSR count). The molecular weight excluding hydrogens is 566 g/mol. The van der Waals surface area contributed by atoms with E-state index in [4.69, 9.17) is 0 Å². The van der Waals surface area contributed by atoms with Crippen molar-refractivity contribution >= 4 is 28.9 Å². The van der Waals surface area contributed by atoms with Crippen LogP contribution in [0, 0.1) is 0 Å². The Balaban J connectivity index is 2.47. The third-order valence-corrected chi connectivity index (χ3v) is 4.66. The molecule has 2 aromatic carbocycles. The number of alkyl halides is 14. The molecule has 210 valence electrons. The summed E-state index contributed by atoms with van der Waals surface area (Å²) in [4.78, 5) is 23.4. The summed E-state index contributed by atoms with van der Waals surface area (Å²) in [5.74, 6) is -32.7. The third kappa shape index (κ3) is 5.20. The number of carbonyl (C=O) groups is 2. The lowest BCUT2D eigenvalue weighted by atomic mass is 10.1. The highest BCUT2D eigenvalue weighted by Crippen LogP contribution is 2.49. The molecule has 0 atom stereocenters. The second kappa shape index (κ2) is 9.61. The highest BCUT2D eigenvalue weighted by molar-refractivity contribution is 6.05. The van der Waals surface area contributed by atoms with Crippen LogP contribution in [0.15, 0.2) is 54.6 Å². The van der Waals surface area contributed by atoms with Gasteiger partial charge in [0, 0.05) is 17.1 Å². The summed E-state index contributed by atoms with van der Waals surface area (Å²) in [7, 11) is 0. The van der Waals surface area contributed by atoms with Crippen molar-refractivity contribution in [1.82, 2.24) is 0 Å². The molecule has 0 aliphatic carbocycles. The van der Waals surface area contributed by atoms with Crippen LogP contribution in [-0.4, -0.2) is 47.9 Å². The van der Waals surface area contributed by atoms with Crippen LogP contribution >= 0.6 is 0 Å². The maximum absolute atomic E-state index is 14.1. The number of hydrogen-bond acceptors (Lipinski definition) is 2. The van der Waals surface area contributed by atoms with Gasteiger partial charge in [-0.15, -0.1) is 0 Å². The van der Waals surface area contributed by atoms with Gasteiger partial charge in [0.25, 0.3) is 0 Å². The number of benzene rings is 2. The Morgan fingerprint density at radius 2 is 0.947 bits per heavy atom. The number of rotatable bonds is 7. The summed E-state index contributed by atoms with van der Waals surface area (Å²) in [6.07, 6.45) is -13.7. The van der Waals surface area contributed by atoms with Crippen LogP contribution in [0.2, 0.25) is 0 Å². The van der Waals surface area contributed by atoms with Crippen LogP contribution < -0.4 is 10.2 Å². The highest BCUT2D eigenvalue weighted by atomic mass is 19.4. The minimum absolute atomic E-state index is 0.336. The molecule has 0 aliphatic heterocycles. The van der Waals surface area contributed by atoms with Crippen LogP contribution in [0.3, 0.4) is 0 Å². The molecular formula is C20H10F14N2O2. The van der Waals surface area contributed by atoms with E-state index in [9.17, 15) is 71.1 Å². The van der Waals surface area contributed by atoms with E-state index >= 15 is 0 Å². The first-order valence-corrected chi connectivity index (χ1v) is 9.46. The first kappa shape index (κ1) is 30.6. The van der Waals surface area contributed by atoms with Gasteiger partial charge in [0.05, 0.1) is 0 Å². The predicted octanol–water partition coefficient (Wildman–Crippen LogP) is 6.96. The smallest absolute Gasteiger partial charge is 0.321 e. The lowest BCUT2D eigenvalue weighted by Crippen LogP contribution is -2.59. The van der Waals surface area contributed by atoms with E-state index < -0.39 is 64.9 Å². The fourth-order valence-electron chi connectivity index (χ4n) is 2.64. The standard InChI is InChI=1S/C20H10F14N2O2/c21-15(22,17(25,26)19(29,30)31)13(37)35-10-6-8-12(9-7-10)36(11-4-2-1-3-5-11)14(38)16(23,24)18(27,28)20(32,33)34/h1-9H,(H,35,37). The monoisotopic (exact) mass is 576 g/mol. The second-order valence-electron chi connectivity index (χ2n) is 7.27. The van der Waals surface area contributed by atoms with E-state index in [1.54, 1.807) is 0 Å². The SMILES string of the molecule is O=C(Nc1ccc(N(C(=O)C(F)(F)C(F)(F)C(F)(F)F)c2ccccc2)cc1)C(F)(F)C(F)(F)C(F)(F)F. The summed E-state index contributed by atoms with van der Waals surface area (Å²) >= 11 is 0. The molecule has 0 unspecified atom stereocenters. The lowest BCUT2D eigenvalue weighted by Gasteiger charge is -2.32. The van der Waals surface area contributed by atoms with Crippen molar-refractivity contribution in [3.05, 3.63) is 54.6 Å². The summed E-state index contributed by atoms with van der Waals surface area (Å²) in [5.41, 5.74) is -2.61. The minimum atomic E-state index is -6.88. The number of anilines is 3. The van der Waals surface area contributed by atoms with Crippen molar-refractivity contribution in [2.24, 2.45) is 0 Å². The van der Waals surface area contributed by atoms with Crippen LogP contribution in [0.1, 0.15) is 0 Å². The van der Waals surface area contributed by atoms with Crippen LogP contribution in [0.4, 0.5) is 78.5 Å². The van der Waals surface area contributed by atoms with Crippen molar-refractivity contribution < 1.29 is 71.1 Å². The number of amides is 2. The van der Waals surface area contributed by atoms with E-state index in [-0.39, 0.29) is 4.90 Å². The van der Waals surface area contributed by atoms with Gasteiger partial charge in [0.15, 0.2) is 0 Å². The molecule has 0 bridgehead atoms. The fourth-order valence-corrected chi connectivity index (χ4v) is 2.64. The largest absolute Gasteiger partial charge is 0.460 e. The summed E-state index contributed by atoms with van der Waals surface area (Å²) in [6.45, 7) is 0. The Kier molecular flexibility index (Phi) is 7.75. The van der Waals surface area contributed by atoms with Gasteiger partial charge in [-0.05, 0) is 36.4 Å². The molecule has 0 heterocycles. The zero-order chi connectivity index (χ0) is 29.5. The zero-order valence-corrected chi connectivity index (χ0v) is 17.8.